The first kappa shape index (κ1) is 14.8. The summed E-state index contributed by atoms with van der Waals surface area (Å²) in [4.78, 5) is 13.9. The van der Waals surface area contributed by atoms with Crippen LogP contribution in [0.15, 0.2) is 41.8 Å². The minimum atomic E-state index is -0.324. The topological polar surface area (TPSA) is 54.9 Å². The van der Waals surface area contributed by atoms with E-state index in [0.29, 0.717) is 10.6 Å². The van der Waals surface area contributed by atoms with Crippen molar-refractivity contribution in [2.75, 3.05) is 0 Å². The van der Waals surface area contributed by atoms with E-state index in [1.165, 1.54) is 23.5 Å². The van der Waals surface area contributed by atoms with Crippen LogP contribution in [0.1, 0.15) is 31.8 Å². The van der Waals surface area contributed by atoms with Crippen molar-refractivity contribution in [1.29, 1.82) is 0 Å². The lowest BCUT2D eigenvalue weighted by Gasteiger charge is -2.17. The predicted octanol–water partition coefficient (Wildman–Crippen LogP) is 3.57. The molecule has 0 bridgehead atoms. The van der Waals surface area contributed by atoms with Crippen LogP contribution in [-0.2, 0) is 0 Å². The van der Waals surface area contributed by atoms with Gasteiger partial charge in [-0.1, -0.05) is 22.7 Å². The van der Waals surface area contributed by atoms with Crippen LogP contribution in [0.2, 0.25) is 0 Å². The number of aryl methyl sites for hydroxylation is 1. The maximum absolute atomic E-state index is 13.1. The average molecular weight is 333 g/mol. The van der Waals surface area contributed by atoms with Gasteiger partial charge in [-0.2, -0.15) is 0 Å². The molecule has 112 valence electrons. The van der Waals surface area contributed by atoms with Crippen LogP contribution in [0.5, 0.6) is 0 Å². The molecule has 1 N–H and O–H groups in total. The molecule has 1 atom stereocenters. The lowest BCUT2D eigenvalue weighted by Crippen LogP contribution is -2.28. The molecular weight excluding hydrogens is 321 g/mol. The summed E-state index contributed by atoms with van der Waals surface area (Å²) in [6, 6.07) is 9.67. The Kier molecular flexibility index (Phi) is 4.26. The first-order valence-corrected chi connectivity index (χ1v) is 8.19. The van der Waals surface area contributed by atoms with E-state index in [-0.39, 0.29) is 17.8 Å². The van der Waals surface area contributed by atoms with Crippen LogP contribution in [0.4, 0.5) is 4.39 Å². The van der Waals surface area contributed by atoms with Gasteiger partial charge in [0.05, 0.1) is 11.7 Å². The number of nitrogens with zero attached hydrogens (tertiary/aromatic N) is 2. The molecule has 0 saturated heterocycles. The number of amides is 1. The Morgan fingerprint density at radius 1 is 1.27 bits per heavy atom. The van der Waals surface area contributed by atoms with Crippen LogP contribution in [-0.4, -0.2) is 15.5 Å². The van der Waals surface area contributed by atoms with E-state index >= 15 is 0 Å². The molecule has 1 aromatic carbocycles. The van der Waals surface area contributed by atoms with Crippen molar-refractivity contribution in [1.82, 2.24) is 14.9 Å². The fraction of sp³-hybridized carbons (Fsp3) is 0.133. The number of halogens is 1. The van der Waals surface area contributed by atoms with Crippen LogP contribution in [0.3, 0.4) is 0 Å². The minimum absolute atomic E-state index is 0.227. The number of aromatic nitrogens is 2. The molecule has 0 radical (unpaired) electrons. The summed E-state index contributed by atoms with van der Waals surface area (Å²) < 4.78 is 16.9. The predicted molar refractivity (Wildman–Crippen MR) is 84.7 cm³/mol. The molecule has 0 saturated carbocycles. The van der Waals surface area contributed by atoms with Gasteiger partial charge in [-0.05, 0) is 47.6 Å². The highest BCUT2D eigenvalue weighted by Gasteiger charge is 2.21. The summed E-state index contributed by atoms with van der Waals surface area (Å²) in [7, 11) is 0. The molecule has 7 heteroatoms. The van der Waals surface area contributed by atoms with Gasteiger partial charge in [-0.25, -0.2) is 4.39 Å². The van der Waals surface area contributed by atoms with Gasteiger partial charge in [0, 0.05) is 4.88 Å². The van der Waals surface area contributed by atoms with Crippen molar-refractivity contribution < 1.29 is 9.18 Å². The van der Waals surface area contributed by atoms with Crippen LogP contribution in [0.25, 0.3) is 0 Å². The van der Waals surface area contributed by atoms with Gasteiger partial charge in [-0.3, -0.25) is 4.79 Å². The first-order valence-electron chi connectivity index (χ1n) is 6.54. The molecule has 0 aliphatic heterocycles. The number of carbonyl (C=O) groups is 1. The van der Waals surface area contributed by atoms with E-state index in [1.54, 1.807) is 19.1 Å². The largest absolute Gasteiger partial charge is 0.339 e. The summed E-state index contributed by atoms with van der Waals surface area (Å²) >= 11 is 2.60. The SMILES string of the molecule is Cc1nnsc1C(=O)N[C@H](c1ccc(F)cc1)c1cccs1. The molecule has 1 amide bonds. The maximum Gasteiger partial charge on any atom is 0.265 e. The fourth-order valence-electron chi connectivity index (χ4n) is 2.07. The zero-order chi connectivity index (χ0) is 15.5. The molecular formula is C15H12FN3OS2. The number of nitrogens with one attached hydrogen (secondary N) is 1. The van der Waals surface area contributed by atoms with Crippen LogP contribution < -0.4 is 5.32 Å². The van der Waals surface area contributed by atoms with Gasteiger partial charge in [0.1, 0.15) is 10.7 Å². The Morgan fingerprint density at radius 2 is 2.05 bits per heavy atom. The van der Waals surface area contributed by atoms with Crippen LogP contribution in [0, 0.1) is 12.7 Å². The Labute approximate surface area is 134 Å². The minimum Gasteiger partial charge on any atom is -0.339 e. The van der Waals surface area contributed by atoms with Crippen molar-refractivity contribution in [3.05, 3.63) is 68.6 Å². The molecule has 3 rings (SSSR count). The Morgan fingerprint density at radius 3 is 2.64 bits per heavy atom. The number of carbonyl (C=O) groups excluding carboxylic acids is 1. The number of hydrogen-bond acceptors (Lipinski definition) is 5. The number of thiophene rings is 1. The van der Waals surface area contributed by atoms with Crippen LogP contribution >= 0.6 is 22.9 Å². The van der Waals surface area contributed by atoms with E-state index < -0.39 is 0 Å². The smallest absolute Gasteiger partial charge is 0.265 e. The van der Waals surface area contributed by atoms with Gasteiger partial charge < -0.3 is 5.32 Å². The summed E-state index contributed by atoms with van der Waals surface area (Å²) in [6.07, 6.45) is 0. The highest BCUT2D eigenvalue weighted by atomic mass is 32.1. The third kappa shape index (κ3) is 3.05. The molecule has 22 heavy (non-hydrogen) atoms. The van der Waals surface area contributed by atoms with Crippen molar-refractivity contribution in [2.24, 2.45) is 0 Å². The molecule has 0 unspecified atom stereocenters. The summed E-state index contributed by atoms with van der Waals surface area (Å²) in [6.45, 7) is 1.75. The van der Waals surface area contributed by atoms with E-state index in [1.807, 2.05) is 17.5 Å². The Balaban J connectivity index is 1.91. The van der Waals surface area contributed by atoms with E-state index in [9.17, 15) is 9.18 Å². The zero-order valence-electron chi connectivity index (χ0n) is 11.6. The quantitative estimate of drug-likeness (QED) is 0.794. The molecule has 2 heterocycles. The van der Waals surface area contributed by atoms with Crippen molar-refractivity contribution in [3.8, 4) is 0 Å². The first-order chi connectivity index (χ1) is 10.6. The molecule has 0 spiro atoms. The number of rotatable bonds is 4. The van der Waals surface area contributed by atoms with Crippen molar-refractivity contribution in [3.63, 3.8) is 0 Å². The van der Waals surface area contributed by atoms with Gasteiger partial charge in [0.15, 0.2) is 0 Å². The second kappa shape index (κ2) is 6.33. The second-order valence-electron chi connectivity index (χ2n) is 4.66. The normalized spacial score (nSPS) is 12.1. The molecule has 0 aliphatic rings. The van der Waals surface area contributed by atoms with Gasteiger partial charge in [0.2, 0.25) is 0 Å². The maximum atomic E-state index is 13.1. The van der Waals surface area contributed by atoms with Gasteiger partial charge >= 0.3 is 0 Å². The van der Waals surface area contributed by atoms with Crippen molar-refractivity contribution in [2.45, 2.75) is 13.0 Å². The van der Waals surface area contributed by atoms with Gasteiger partial charge in [0.25, 0.3) is 5.91 Å². The standard InChI is InChI=1S/C15H12FN3OS2/c1-9-14(22-19-18-9)15(20)17-13(12-3-2-8-21-12)10-4-6-11(16)7-5-10/h2-8,13H,1H3,(H,17,20)/t13-/m1/s1. The molecule has 3 aromatic rings. The molecule has 0 fully saturated rings. The average Bonchev–Trinajstić information content (AvgIpc) is 3.17. The molecule has 0 aliphatic carbocycles. The third-order valence-electron chi connectivity index (χ3n) is 3.16. The van der Waals surface area contributed by atoms with E-state index in [0.717, 1.165) is 22.0 Å². The lowest BCUT2D eigenvalue weighted by atomic mass is 10.1. The van der Waals surface area contributed by atoms with E-state index in [2.05, 4.69) is 14.9 Å². The highest BCUT2D eigenvalue weighted by Crippen LogP contribution is 2.27. The number of hydrogen-bond donors (Lipinski definition) is 1. The second-order valence-corrected chi connectivity index (χ2v) is 6.39. The molecule has 2 aromatic heterocycles. The molecule has 4 nitrogen and oxygen atoms in total. The van der Waals surface area contributed by atoms with E-state index in [4.69, 9.17) is 0 Å². The summed E-state index contributed by atoms with van der Waals surface area (Å²) in [5.74, 6) is -0.530. The van der Waals surface area contributed by atoms with Crippen molar-refractivity contribution >= 4 is 28.8 Å². The lowest BCUT2D eigenvalue weighted by molar-refractivity contribution is 0.0947. The number of benzene rings is 1. The van der Waals surface area contributed by atoms with Gasteiger partial charge in [-0.15, -0.1) is 16.4 Å². The Bertz CT molecular complexity index is 768. The summed E-state index contributed by atoms with van der Waals surface area (Å²) in [5.41, 5.74) is 1.43. The highest BCUT2D eigenvalue weighted by molar-refractivity contribution is 7.10. The Hall–Kier alpha value is -2.12. The monoisotopic (exact) mass is 333 g/mol. The zero-order valence-corrected chi connectivity index (χ0v) is 13.2. The third-order valence-corrected chi connectivity index (χ3v) is 4.93. The summed E-state index contributed by atoms with van der Waals surface area (Å²) in [5, 5.41) is 8.77. The fourth-order valence-corrected chi connectivity index (χ4v) is 3.43.